The number of hydrogen-bond donors (Lipinski definition) is 1. The molecular weight excluding hydrogens is 250 g/mol. The van der Waals surface area contributed by atoms with Crippen LogP contribution < -0.4 is 10.5 Å². The Morgan fingerprint density at radius 2 is 2.00 bits per heavy atom. The topological polar surface area (TPSA) is 52.3 Å². The largest absolute Gasteiger partial charge is 0.455 e. The molecule has 0 unspecified atom stereocenters. The summed E-state index contributed by atoms with van der Waals surface area (Å²) in [5.74, 6) is 0.991. The Kier molecular flexibility index (Phi) is 3.53. The zero-order valence-corrected chi connectivity index (χ0v) is 10.6. The number of carbonyl (C=O) groups excluding carboxylic acids is 1. The zero-order valence-electron chi connectivity index (χ0n) is 9.81. The van der Waals surface area contributed by atoms with E-state index in [1.54, 1.807) is 42.5 Å². The van der Waals surface area contributed by atoms with Crippen molar-refractivity contribution < 1.29 is 9.53 Å². The molecule has 0 saturated heterocycles. The van der Waals surface area contributed by atoms with Crippen molar-refractivity contribution >= 4 is 23.1 Å². The molecule has 2 aromatic rings. The van der Waals surface area contributed by atoms with E-state index < -0.39 is 0 Å². The molecule has 0 aromatic heterocycles. The van der Waals surface area contributed by atoms with Crippen molar-refractivity contribution in [2.75, 3.05) is 5.73 Å². The van der Waals surface area contributed by atoms with Gasteiger partial charge in [-0.3, -0.25) is 4.79 Å². The Hall–Kier alpha value is -2.00. The second kappa shape index (κ2) is 5.10. The molecule has 0 aliphatic rings. The van der Waals surface area contributed by atoms with Gasteiger partial charge in [0.15, 0.2) is 11.5 Å². The number of benzene rings is 2. The van der Waals surface area contributed by atoms with Crippen LogP contribution in [-0.2, 0) is 0 Å². The first kappa shape index (κ1) is 12.5. The fraction of sp³-hybridized carbons (Fsp3) is 0.0714. The Morgan fingerprint density at radius 1 is 1.22 bits per heavy atom. The minimum absolute atomic E-state index is 0.0362. The van der Waals surface area contributed by atoms with Crippen LogP contribution in [0, 0.1) is 0 Å². The van der Waals surface area contributed by atoms with E-state index in [4.69, 9.17) is 22.1 Å². The van der Waals surface area contributed by atoms with Gasteiger partial charge >= 0.3 is 0 Å². The van der Waals surface area contributed by atoms with Gasteiger partial charge in [-0.25, -0.2) is 0 Å². The van der Waals surface area contributed by atoms with Crippen LogP contribution in [0.2, 0.25) is 5.02 Å². The predicted molar refractivity (Wildman–Crippen MR) is 72.4 cm³/mol. The summed E-state index contributed by atoms with van der Waals surface area (Å²) in [5.41, 5.74) is 6.84. The Bertz CT molecular complexity index is 596. The summed E-state index contributed by atoms with van der Waals surface area (Å²) in [6.07, 6.45) is 0. The van der Waals surface area contributed by atoms with Gasteiger partial charge in [-0.1, -0.05) is 17.7 Å². The van der Waals surface area contributed by atoms with Gasteiger partial charge in [-0.05, 0) is 43.3 Å². The van der Waals surface area contributed by atoms with Crippen LogP contribution in [0.25, 0.3) is 0 Å². The van der Waals surface area contributed by atoms with Gasteiger partial charge in [-0.2, -0.15) is 0 Å². The highest BCUT2D eigenvalue weighted by atomic mass is 35.5. The van der Waals surface area contributed by atoms with Gasteiger partial charge in [-0.15, -0.1) is 0 Å². The molecule has 0 spiro atoms. The third-order valence-electron chi connectivity index (χ3n) is 2.44. The fourth-order valence-corrected chi connectivity index (χ4v) is 1.68. The second-order valence-electron chi connectivity index (χ2n) is 3.87. The van der Waals surface area contributed by atoms with Crippen LogP contribution in [0.3, 0.4) is 0 Å². The summed E-state index contributed by atoms with van der Waals surface area (Å²) in [7, 11) is 0. The summed E-state index contributed by atoms with van der Waals surface area (Å²) in [4.78, 5) is 11.3. The quantitative estimate of drug-likeness (QED) is 0.673. The number of anilines is 1. The molecule has 0 saturated carbocycles. The van der Waals surface area contributed by atoms with E-state index in [1.807, 2.05) is 0 Å². The van der Waals surface area contributed by atoms with Gasteiger partial charge < -0.3 is 10.5 Å². The van der Waals surface area contributed by atoms with Crippen LogP contribution in [0.5, 0.6) is 11.5 Å². The number of hydrogen-bond acceptors (Lipinski definition) is 3. The number of Topliss-reactive ketones (excluding diaryl/α,β-unsaturated/α-hetero) is 1. The van der Waals surface area contributed by atoms with Crippen molar-refractivity contribution in [3.05, 3.63) is 53.1 Å². The van der Waals surface area contributed by atoms with Gasteiger partial charge in [0.2, 0.25) is 0 Å². The molecule has 0 bridgehead atoms. The maximum Gasteiger partial charge on any atom is 0.159 e. The first-order valence-corrected chi connectivity index (χ1v) is 5.78. The zero-order chi connectivity index (χ0) is 13.1. The van der Waals surface area contributed by atoms with E-state index in [0.29, 0.717) is 27.8 Å². The van der Waals surface area contributed by atoms with Gasteiger partial charge in [0.25, 0.3) is 0 Å². The smallest absolute Gasteiger partial charge is 0.159 e. The van der Waals surface area contributed by atoms with Crippen LogP contribution >= 0.6 is 11.6 Å². The van der Waals surface area contributed by atoms with Crippen molar-refractivity contribution in [3.63, 3.8) is 0 Å². The lowest BCUT2D eigenvalue weighted by atomic mass is 10.1. The number of ketones is 1. The minimum Gasteiger partial charge on any atom is -0.455 e. The van der Waals surface area contributed by atoms with E-state index in [1.165, 1.54) is 6.92 Å². The van der Waals surface area contributed by atoms with Crippen molar-refractivity contribution in [2.45, 2.75) is 6.92 Å². The van der Waals surface area contributed by atoms with Crippen LogP contribution in [0.4, 0.5) is 5.69 Å². The molecule has 0 atom stereocenters. The molecule has 0 aliphatic carbocycles. The molecule has 2 N–H and O–H groups in total. The van der Waals surface area contributed by atoms with Crippen molar-refractivity contribution in [3.8, 4) is 11.5 Å². The Morgan fingerprint density at radius 3 is 2.67 bits per heavy atom. The van der Waals surface area contributed by atoms with E-state index in [0.717, 1.165) is 0 Å². The predicted octanol–water partition coefficient (Wildman–Crippen LogP) is 3.92. The Balaban J connectivity index is 2.33. The highest BCUT2D eigenvalue weighted by molar-refractivity contribution is 6.30. The lowest BCUT2D eigenvalue weighted by molar-refractivity contribution is 0.101. The van der Waals surface area contributed by atoms with Crippen molar-refractivity contribution in [2.24, 2.45) is 0 Å². The third-order valence-corrected chi connectivity index (χ3v) is 2.68. The maximum atomic E-state index is 11.3. The maximum absolute atomic E-state index is 11.3. The molecule has 0 fully saturated rings. The SMILES string of the molecule is CC(=O)c1ccc(N)c(Oc2cccc(Cl)c2)c1. The number of nitrogen functional groups attached to an aromatic ring is 1. The molecule has 0 heterocycles. The number of halogens is 1. The fourth-order valence-electron chi connectivity index (χ4n) is 1.50. The van der Waals surface area contributed by atoms with Crippen molar-refractivity contribution in [1.29, 1.82) is 0 Å². The lowest BCUT2D eigenvalue weighted by Gasteiger charge is -2.09. The highest BCUT2D eigenvalue weighted by Gasteiger charge is 2.07. The standard InChI is InChI=1S/C14H12ClNO2/c1-9(17)10-5-6-13(16)14(7-10)18-12-4-2-3-11(15)8-12/h2-8H,16H2,1H3. The normalized spacial score (nSPS) is 10.1. The van der Waals surface area contributed by atoms with E-state index in [9.17, 15) is 4.79 Å². The van der Waals surface area contributed by atoms with E-state index in [-0.39, 0.29) is 5.78 Å². The van der Waals surface area contributed by atoms with Crippen LogP contribution in [-0.4, -0.2) is 5.78 Å². The van der Waals surface area contributed by atoms with Crippen LogP contribution in [0.15, 0.2) is 42.5 Å². The molecule has 0 amide bonds. The van der Waals surface area contributed by atoms with Gasteiger partial charge in [0.1, 0.15) is 5.75 Å². The van der Waals surface area contributed by atoms with Gasteiger partial charge in [0.05, 0.1) is 5.69 Å². The second-order valence-corrected chi connectivity index (χ2v) is 4.30. The van der Waals surface area contributed by atoms with Crippen LogP contribution in [0.1, 0.15) is 17.3 Å². The molecule has 3 nitrogen and oxygen atoms in total. The summed E-state index contributed by atoms with van der Waals surface area (Å²) >= 11 is 5.87. The lowest BCUT2D eigenvalue weighted by Crippen LogP contribution is -1.97. The third kappa shape index (κ3) is 2.81. The summed E-state index contributed by atoms with van der Waals surface area (Å²) in [5, 5.41) is 0.578. The summed E-state index contributed by atoms with van der Waals surface area (Å²) < 4.78 is 5.62. The van der Waals surface area contributed by atoms with Gasteiger partial charge in [0, 0.05) is 10.6 Å². The first-order chi connectivity index (χ1) is 8.56. The van der Waals surface area contributed by atoms with E-state index in [2.05, 4.69) is 0 Å². The van der Waals surface area contributed by atoms with E-state index >= 15 is 0 Å². The number of nitrogens with two attached hydrogens (primary N) is 1. The molecule has 2 rings (SSSR count). The number of rotatable bonds is 3. The summed E-state index contributed by atoms with van der Waals surface area (Å²) in [6.45, 7) is 1.49. The average Bonchev–Trinajstić information content (AvgIpc) is 2.31. The summed E-state index contributed by atoms with van der Waals surface area (Å²) in [6, 6.07) is 11.9. The van der Waals surface area contributed by atoms with Crippen molar-refractivity contribution in [1.82, 2.24) is 0 Å². The molecule has 2 aromatic carbocycles. The molecule has 4 heteroatoms. The first-order valence-electron chi connectivity index (χ1n) is 5.40. The minimum atomic E-state index is -0.0362. The molecule has 0 aliphatic heterocycles. The Labute approximate surface area is 110 Å². The highest BCUT2D eigenvalue weighted by Crippen LogP contribution is 2.29. The molecule has 0 radical (unpaired) electrons. The molecular formula is C14H12ClNO2. The average molecular weight is 262 g/mol. The molecule has 18 heavy (non-hydrogen) atoms. The molecule has 92 valence electrons. The number of carbonyl (C=O) groups is 1. The monoisotopic (exact) mass is 261 g/mol. The number of ether oxygens (including phenoxy) is 1.